The van der Waals surface area contributed by atoms with Crippen LogP contribution >= 0.6 is 16.5 Å². The molecule has 8 aromatic carbocycles. The van der Waals surface area contributed by atoms with E-state index in [1.165, 1.54) is 22.3 Å². The molecule has 568 valence electrons. The Kier molecular flexibility index (Phi) is 21.8. The fourth-order valence-corrected chi connectivity index (χ4v) is 26.9. The average Bonchev–Trinajstić information content (AvgIpc) is 1.39. The fourth-order valence-electron chi connectivity index (χ4n) is 15.3. The van der Waals surface area contributed by atoms with Crippen molar-refractivity contribution < 1.29 is 39.4 Å². The van der Waals surface area contributed by atoms with E-state index in [2.05, 4.69) is 378 Å². The van der Waals surface area contributed by atoms with Crippen LogP contribution in [0.5, 0.6) is 0 Å². The number of rotatable bonds is 13. The van der Waals surface area contributed by atoms with Crippen molar-refractivity contribution in [3.05, 3.63) is 214 Å². The molecule has 0 saturated carbocycles. The molecular formula is C93H124O9P2Si2. The van der Waals surface area contributed by atoms with Gasteiger partial charge in [-0.3, -0.25) is 9.05 Å². The molecule has 3 heterocycles. The minimum absolute atomic E-state index is 0.0535. The van der Waals surface area contributed by atoms with Crippen LogP contribution in [-0.2, 0) is 56.9 Å². The van der Waals surface area contributed by atoms with Crippen LogP contribution in [0, 0.1) is 0 Å². The highest BCUT2D eigenvalue weighted by Gasteiger charge is 2.59. The molecule has 2 aromatic heterocycles. The van der Waals surface area contributed by atoms with Crippen LogP contribution in [0.15, 0.2) is 187 Å². The Balaban J connectivity index is 1.32. The molecule has 1 aliphatic rings. The maximum atomic E-state index is 8.49. The molecule has 0 N–H and O–H groups in total. The van der Waals surface area contributed by atoms with E-state index in [0.717, 1.165) is 75.7 Å². The van der Waals surface area contributed by atoms with E-state index in [-0.39, 0.29) is 28.3 Å². The van der Waals surface area contributed by atoms with Gasteiger partial charge in [0.15, 0.2) is 12.4 Å². The van der Waals surface area contributed by atoms with E-state index >= 15 is 0 Å². The van der Waals surface area contributed by atoms with Gasteiger partial charge in [-0.25, -0.2) is 0 Å². The third-order valence-electron chi connectivity index (χ3n) is 21.6. The third kappa shape index (κ3) is 16.1. The first kappa shape index (κ1) is 80.8. The van der Waals surface area contributed by atoms with Crippen LogP contribution in [0.25, 0.3) is 43.9 Å². The van der Waals surface area contributed by atoms with Gasteiger partial charge >= 0.3 is 16.5 Å². The van der Waals surface area contributed by atoms with Gasteiger partial charge in [0.2, 0.25) is 0 Å². The van der Waals surface area contributed by atoms with Crippen LogP contribution in [0.4, 0.5) is 0 Å². The standard InChI is InChI=1S/C93H124O9P2Si2/c1-84(2,3)60-51-68-69-52-61(85(4,5)6)56-73(89(16,17)18)78(69)97-103(96-77(68)72(55-60)88(13,14)15)100-81-76(59-94-105(92(25,26)27,64-43-35-31-36-44-64)65-45-37-32-38-46-65)95-83(102-106(93(28,29)30,66-47-39-33-40-48-66)67-49-41-34-42-50-67)82(81)101-104-98-79-70(53-62(86(7,8)9)57-74(79)90(19,20)21)71-54-63(87(10,11)12)58-75(80(71)99-104)91(22,23)24/h31-58,76,81-83H,59H2,1-30H3/t76-,81-,82+,83-/m1/s1. The summed E-state index contributed by atoms with van der Waals surface area (Å²) in [5, 5.41) is 7.32. The molecule has 0 unspecified atom stereocenters. The molecule has 9 nitrogen and oxygen atoms in total. The van der Waals surface area contributed by atoms with E-state index in [1.54, 1.807) is 0 Å². The summed E-state index contributed by atoms with van der Waals surface area (Å²) in [4.78, 5) is 0. The van der Waals surface area contributed by atoms with E-state index in [1.807, 2.05) is 0 Å². The number of benzene rings is 8. The molecule has 0 aliphatic carbocycles. The fraction of sp³-hybridized carbons (Fsp3) is 0.484. The summed E-state index contributed by atoms with van der Waals surface area (Å²) in [5.74, 6) is 0. The van der Waals surface area contributed by atoms with Gasteiger partial charge in [0.1, 0.15) is 34.5 Å². The Morgan fingerprint density at radius 2 is 0.547 bits per heavy atom. The van der Waals surface area contributed by atoms with Gasteiger partial charge in [0.25, 0.3) is 16.6 Å². The molecule has 106 heavy (non-hydrogen) atoms. The zero-order chi connectivity index (χ0) is 77.9. The first-order valence-corrected chi connectivity index (χ1v) is 44.5. The Hall–Kier alpha value is -6.21. The molecule has 1 fully saturated rings. The van der Waals surface area contributed by atoms with E-state index in [9.17, 15) is 0 Å². The lowest BCUT2D eigenvalue weighted by Crippen LogP contribution is -2.68. The van der Waals surface area contributed by atoms with Crippen molar-refractivity contribution >= 4 is 97.7 Å². The third-order valence-corrected chi connectivity index (χ3v) is 33.7. The smallest absolute Gasteiger partial charge is 0.387 e. The van der Waals surface area contributed by atoms with Crippen molar-refractivity contribution in [2.75, 3.05) is 6.61 Å². The summed E-state index contributed by atoms with van der Waals surface area (Å²) in [6, 6.07) is 62.0. The highest BCUT2D eigenvalue weighted by atomic mass is 31.1. The van der Waals surface area contributed by atoms with Crippen LogP contribution in [0.1, 0.15) is 252 Å². The van der Waals surface area contributed by atoms with Gasteiger partial charge in [-0.2, -0.15) is 0 Å². The topological polar surface area (TPSA) is 98.7 Å². The van der Waals surface area contributed by atoms with Crippen LogP contribution in [-0.4, -0.2) is 47.8 Å². The Morgan fingerprint density at radius 3 is 0.783 bits per heavy atom. The molecule has 0 spiro atoms. The van der Waals surface area contributed by atoms with Crippen LogP contribution in [0.2, 0.25) is 10.1 Å². The quantitative estimate of drug-likeness (QED) is 0.105. The normalized spacial score (nSPS) is 17.3. The van der Waals surface area contributed by atoms with Gasteiger partial charge < -0.3 is 30.4 Å². The monoisotopic (exact) mass is 1500 g/mol. The minimum Gasteiger partial charge on any atom is -0.405 e. The molecule has 13 heteroatoms. The van der Waals surface area contributed by atoms with Crippen molar-refractivity contribution in [1.29, 1.82) is 0 Å². The second kappa shape index (κ2) is 28.6. The van der Waals surface area contributed by atoms with Crippen LogP contribution < -0.4 is 29.8 Å². The molecule has 4 atom stereocenters. The summed E-state index contributed by atoms with van der Waals surface area (Å²) in [6.07, 6.45) is -4.28. The van der Waals surface area contributed by atoms with Crippen molar-refractivity contribution in [2.24, 2.45) is 0 Å². The number of hydrogen-bond acceptors (Lipinski definition) is 9. The van der Waals surface area contributed by atoms with Gasteiger partial charge in [-0.15, -0.1) is 0 Å². The van der Waals surface area contributed by atoms with Crippen LogP contribution in [0.3, 0.4) is 0 Å². The molecule has 1 aliphatic heterocycles. The molecule has 1 saturated heterocycles. The SMILES string of the molecule is CC(C)(C)c1cc(C(C)(C)C)c2op(O[C@@H]3[C@@H](O[Si](c4ccccc4)(c4ccccc4)C(C)(C)C)O[C@H](CO[Si](c4ccccc4)(c4ccccc4)C(C)(C)C)[C@H]3Op3oc4c(C(C)(C)C)cc(C(C)(C)C)cc4c4cc(C(C)(C)C)cc(C(C)(C)C)c4o3)oc3c(C(C)(C)C)cc(C(C)(C)C)cc3c2c1. The summed E-state index contributed by atoms with van der Waals surface area (Å²) in [7, 11) is -11.9. The predicted molar refractivity (Wildman–Crippen MR) is 454 cm³/mol. The summed E-state index contributed by atoms with van der Waals surface area (Å²) >= 11 is 0. The number of ether oxygens (including phenoxy) is 1. The average molecular weight is 1500 g/mol. The molecule has 0 radical (unpaired) electrons. The number of fused-ring (bicyclic) bond motifs is 6. The molecule has 0 bridgehead atoms. The maximum Gasteiger partial charge on any atom is 0.387 e. The van der Waals surface area contributed by atoms with E-state index in [0.29, 0.717) is 11.2 Å². The summed E-state index contributed by atoms with van der Waals surface area (Å²) in [6.45, 7) is 68.7. The molecule has 0 amide bonds. The van der Waals surface area contributed by atoms with Gasteiger partial charge in [0, 0.05) is 43.8 Å². The maximum absolute atomic E-state index is 8.49. The largest absolute Gasteiger partial charge is 0.405 e. The van der Waals surface area contributed by atoms with Crippen molar-refractivity contribution in [1.82, 2.24) is 0 Å². The molecule has 11 rings (SSSR count). The van der Waals surface area contributed by atoms with Gasteiger partial charge in [-0.1, -0.05) is 353 Å². The lowest BCUT2D eigenvalue weighted by molar-refractivity contribution is -0.111. The van der Waals surface area contributed by atoms with E-state index < -0.39 is 89.5 Å². The first-order chi connectivity index (χ1) is 48.8. The Morgan fingerprint density at radius 1 is 0.302 bits per heavy atom. The summed E-state index contributed by atoms with van der Waals surface area (Å²) in [5.41, 5.74) is 9.29. The van der Waals surface area contributed by atoms with Crippen molar-refractivity contribution in [3.8, 4) is 0 Å². The Labute approximate surface area is 639 Å². The number of hydrogen-bond donors (Lipinski definition) is 0. The lowest BCUT2D eigenvalue weighted by Gasteiger charge is -2.45. The second-order valence-corrected chi connectivity index (χ2v) is 51.0. The zero-order valence-electron chi connectivity index (χ0n) is 69.8. The first-order valence-electron chi connectivity index (χ1n) is 38.5. The zero-order valence-corrected chi connectivity index (χ0v) is 73.5. The minimum atomic E-state index is -3.60. The highest BCUT2D eigenvalue weighted by molar-refractivity contribution is 7.32. The second-order valence-electron chi connectivity index (χ2n) is 40.4. The van der Waals surface area contributed by atoms with Crippen molar-refractivity contribution in [3.63, 3.8) is 0 Å². The highest BCUT2D eigenvalue weighted by Crippen LogP contribution is 2.51. The predicted octanol–water partition coefficient (Wildman–Crippen LogP) is 24.4. The Bertz CT molecular complexity index is 4630. The molecular weight excluding hydrogens is 1380 g/mol. The van der Waals surface area contributed by atoms with Gasteiger partial charge in [0.05, 0.1) is 6.61 Å². The van der Waals surface area contributed by atoms with Crippen molar-refractivity contribution in [2.45, 2.75) is 286 Å². The molecule has 10 aromatic rings. The summed E-state index contributed by atoms with van der Waals surface area (Å²) < 4.78 is 72.6. The van der Waals surface area contributed by atoms with E-state index in [4.69, 9.17) is 39.4 Å². The lowest BCUT2D eigenvalue weighted by atomic mass is 9.77. The van der Waals surface area contributed by atoms with Gasteiger partial charge in [-0.05, 0) is 121 Å².